The average molecular weight is 417 g/mol. The van der Waals surface area contributed by atoms with Gasteiger partial charge in [0.25, 0.3) is 0 Å². The Balaban J connectivity index is 1.50. The van der Waals surface area contributed by atoms with E-state index in [0.717, 1.165) is 17.5 Å². The second-order valence-electron chi connectivity index (χ2n) is 8.66. The van der Waals surface area contributed by atoms with Crippen LogP contribution in [0.2, 0.25) is 5.02 Å². The van der Waals surface area contributed by atoms with Gasteiger partial charge in [0.05, 0.1) is 0 Å². The van der Waals surface area contributed by atoms with Crippen LogP contribution in [0.4, 0.5) is 0 Å². The predicted octanol–water partition coefficient (Wildman–Crippen LogP) is 5.72. The third-order valence-corrected chi connectivity index (χ3v) is 7.39. The van der Waals surface area contributed by atoms with E-state index < -0.39 is 0 Å². The second kappa shape index (κ2) is 8.93. The van der Waals surface area contributed by atoms with E-state index in [2.05, 4.69) is 83.0 Å². The van der Waals surface area contributed by atoms with Crippen molar-refractivity contribution in [1.82, 2.24) is 10.2 Å². The molecule has 0 aliphatic carbocycles. The topological polar surface area (TPSA) is 15.3 Å². The summed E-state index contributed by atoms with van der Waals surface area (Å²) in [5.74, 6) is 1.08. The molecule has 2 atom stereocenters. The Kier molecular flexibility index (Phi) is 5.90. The highest BCUT2D eigenvalue weighted by molar-refractivity contribution is 6.31. The Morgan fingerprint density at radius 2 is 1.37 bits per heavy atom. The molecule has 0 aromatic heterocycles. The van der Waals surface area contributed by atoms with Crippen molar-refractivity contribution in [2.24, 2.45) is 5.92 Å². The number of rotatable bonds is 6. The zero-order chi connectivity index (χ0) is 20.3. The molecule has 30 heavy (non-hydrogen) atoms. The molecule has 3 aromatic carbocycles. The van der Waals surface area contributed by atoms with Crippen molar-refractivity contribution in [1.29, 1.82) is 0 Å². The molecule has 3 heteroatoms. The minimum absolute atomic E-state index is 0.360. The zero-order valence-corrected chi connectivity index (χ0v) is 18.0. The molecule has 3 heterocycles. The summed E-state index contributed by atoms with van der Waals surface area (Å²) < 4.78 is 0. The number of piperidine rings is 3. The van der Waals surface area contributed by atoms with E-state index in [0.29, 0.717) is 18.0 Å². The molecule has 6 rings (SSSR count). The first-order valence-corrected chi connectivity index (χ1v) is 11.5. The maximum Gasteiger partial charge on any atom is 0.0450 e. The van der Waals surface area contributed by atoms with Crippen LogP contribution in [-0.4, -0.2) is 30.1 Å². The van der Waals surface area contributed by atoms with Crippen LogP contribution in [-0.2, 0) is 6.54 Å². The summed E-state index contributed by atoms with van der Waals surface area (Å²) in [5.41, 5.74) is 4.00. The van der Waals surface area contributed by atoms with Crippen molar-refractivity contribution in [3.63, 3.8) is 0 Å². The van der Waals surface area contributed by atoms with Crippen LogP contribution in [0, 0.1) is 5.92 Å². The summed E-state index contributed by atoms with van der Waals surface area (Å²) in [6.07, 6.45) is 2.57. The van der Waals surface area contributed by atoms with Gasteiger partial charge in [0.2, 0.25) is 0 Å². The van der Waals surface area contributed by atoms with Gasteiger partial charge in [-0.2, -0.15) is 0 Å². The Labute approximate surface area is 184 Å². The molecule has 0 amide bonds. The van der Waals surface area contributed by atoms with Gasteiger partial charge in [-0.05, 0) is 54.6 Å². The molecule has 3 fully saturated rings. The fourth-order valence-electron chi connectivity index (χ4n) is 5.57. The van der Waals surface area contributed by atoms with Crippen LogP contribution >= 0.6 is 11.6 Å². The normalized spacial score (nSPS) is 25.5. The van der Waals surface area contributed by atoms with Gasteiger partial charge in [0.15, 0.2) is 0 Å². The Morgan fingerprint density at radius 3 is 1.97 bits per heavy atom. The maximum absolute atomic E-state index is 6.46. The van der Waals surface area contributed by atoms with Crippen molar-refractivity contribution >= 4 is 11.6 Å². The predicted molar refractivity (Wildman–Crippen MR) is 125 cm³/mol. The highest BCUT2D eigenvalue weighted by Crippen LogP contribution is 2.42. The van der Waals surface area contributed by atoms with Crippen molar-refractivity contribution in [2.75, 3.05) is 13.1 Å². The lowest BCUT2D eigenvalue weighted by Crippen LogP contribution is -2.64. The fourth-order valence-corrected chi connectivity index (χ4v) is 5.77. The molecular formula is C27H29ClN2. The monoisotopic (exact) mass is 416 g/mol. The minimum atomic E-state index is 0.360. The summed E-state index contributed by atoms with van der Waals surface area (Å²) in [4.78, 5) is 2.73. The van der Waals surface area contributed by atoms with Crippen LogP contribution in [0.5, 0.6) is 0 Å². The first-order valence-electron chi connectivity index (χ1n) is 11.1. The number of halogens is 1. The molecule has 0 radical (unpaired) electrons. The van der Waals surface area contributed by atoms with Gasteiger partial charge in [0.1, 0.15) is 0 Å². The SMILES string of the molecule is Clc1ccccc1CN[C@H]1C2CCN(CC2)[C@H]1C(c1ccccc1)c1ccccc1. The van der Waals surface area contributed by atoms with Crippen LogP contribution in [0.25, 0.3) is 0 Å². The van der Waals surface area contributed by atoms with Gasteiger partial charge in [-0.15, -0.1) is 0 Å². The molecule has 3 aromatic rings. The Morgan fingerprint density at radius 1 is 0.800 bits per heavy atom. The van der Waals surface area contributed by atoms with Crippen LogP contribution in [0.15, 0.2) is 84.9 Å². The largest absolute Gasteiger partial charge is 0.308 e. The standard InChI is InChI=1S/C27H29ClN2/c28-24-14-8-7-13-23(24)19-29-26-22-15-17-30(18-16-22)27(26)25(20-9-3-1-4-10-20)21-11-5-2-6-12-21/h1-14,22,25-27,29H,15-19H2/t26-,27-/m0/s1. The number of benzene rings is 3. The number of nitrogens with zero attached hydrogens (tertiary/aromatic N) is 1. The van der Waals surface area contributed by atoms with E-state index in [1.54, 1.807) is 0 Å². The summed E-state index contributed by atoms with van der Waals surface area (Å²) in [6, 6.07) is 31.2. The lowest BCUT2D eigenvalue weighted by Gasteiger charge is -2.54. The third-order valence-electron chi connectivity index (χ3n) is 7.02. The summed E-state index contributed by atoms with van der Waals surface area (Å²) in [7, 11) is 0. The van der Waals surface area contributed by atoms with Gasteiger partial charge in [-0.25, -0.2) is 0 Å². The lowest BCUT2D eigenvalue weighted by molar-refractivity contribution is 0.00468. The minimum Gasteiger partial charge on any atom is -0.308 e. The molecule has 154 valence electrons. The second-order valence-corrected chi connectivity index (χ2v) is 9.07. The van der Waals surface area contributed by atoms with E-state index in [1.807, 2.05) is 12.1 Å². The zero-order valence-electron chi connectivity index (χ0n) is 17.3. The first kappa shape index (κ1) is 19.8. The molecule has 0 saturated carbocycles. The van der Waals surface area contributed by atoms with Gasteiger partial charge in [0, 0.05) is 29.6 Å². The third kappa shape index (κ3) is 3.92. The van der Waals surface area contributed by atoms with Crippen molar-refractivity contribution in [3.05, 3.63) is 107 Å². The number of nitrogens with one attached hydrogen (secondary N) is 1. The van der Waals surface area contributed by atoms with E-state index >= 15 is 0 Å². The van der Waals surface area contributed by atoms with Crippen LogP contribution in [0.1, 0.15) is 35.4 Å². The summed E-state index contributed by atoms with van der Waals surface area (Å²) in [5, 5.41) is 4.81. The van der Waals surface area contributed by atoms with Crippen molar-refractivity contribution in [2.45, 2.75) is 37.4 Å². The Bertz CT molecular complexity index is 911. The van der Waals surface area contributed by atoms with Gasteiger partial charge in [-0.1, -0.05) is 90.5 Å². The maximum atomic E-state index is 6.46. The van der Waals surface area contributed by atoms with Gasteiger partial charge >= 0.3 is 0 Å². The first-order chi connectivity index (χ1) is 14.8. The number of hydrogen-bond donors (Lipinski definition) is 1. The average Bonchev–Trinajstić information content (AvgIpc) is 2.81. The lowest BCUT2D eigenvalue weighted by atomic mass is 9.70. The molecule has 1 N–H and O–H groups in total. The highest BCUT2D eigenvalue weighted by Gasteiger charge is 2.46. The Hall–Kier alpha value is -2.13. The molecule has 3 saturated heterocycles. The molecule has 3 aliphatic rings. The van der Waals surface area contributed by atoms with E-state index in [1.165, 1.54) is 42.6 Å². The van der Waals surface area contributed by atoms with Crippen LogP contribution < -0.4 is 5.32 Å². The molecule has 2 bridgehead atoms. The highest BCUT2D eigenvalue weighted by atomic mass is 35.5. The quantitative estimate of drug-likeness (QED) is 0.552. The van der Waals surface area contributed by atoms with Gasteiger partial charge < -0.3 is 5.32 Å². The number of hydrogen-bond acceptors (Lipinski definition) is 2. The van der Waals surface area contributed by atoms with Crippen LogP contribution in [0.3, 0.4) is 0 Å². The molecule has 2 nitrogen and oxygen atoms in total. The fraction of sp³-hybridized carbons (Fsp3) is 0.333. The summed E-state index contributed by atoms with van der Waals surface area (Å²) >= 11 is 6.46. The van der Waals surface area contributed by atoms with Crippen molar-refractivity contribution < 1.29 is 0 Å². The van der Waals surface area contributed by atoms with E-state index in [-0.39, 0.29) is 0 Å². The van der Waals surface area contributed by atoms with E-state index in [9.17, 15) is 0 Å². The summed E-state index contributed by atoms with van der Waals surface area (Å²) in [6.45, 7) is 3.23. The van der Waals surface area contributed by atoms with Crippen molar-refractivity contribution in [3.8, 4) is 0 Å². The van der Waals surface area contributed by atoms with E-state index in [4.69, 9.17) is 11.6 Å². The molecule has 0 unspecified atom stereocenters. The molecule has 3 aliphatic heterocycles. The molecular weight excluding hydrogens is 388 g/mol. The van der Waals surface area contributed by atoms with Gasteiger partial charge in [-0.3, -0.25) is 4.90 Å². The molecule has 0 spiro atoms. The smallest absolute Gasteiger partial charge is 0.0450 e. The number of fused-ring (bicyclic) bond motifs is 3.